The second-order valence-corrected chi connectivity index (χ2v) is 6.06. The van der Waals surface area contributed by atoms with E-state index in [1.807, 2.05) is 36.4 Å². The number of likely N-dealkylation sites (N-methyl/N-ethyl adjacent to an activating group) is 1. The van der Waals surface area contributed by atoms with E-state index in [1.54, 1.807) is 26.2 Å². The average molecular weight is 484 g/mol. The Bertz CT molecular complexity index is 738. The monoisotopic (exact) mass is 484 g/mol. The number of amides is 1. The highest BCUT2D eigenvalue weighted by molar-refractivity contribution is 14.0. The maximum Gasteiger partial charge on any atom is 0.241 e. The van der Waals surface area contributed by atoms with Crippen LogP contribution in [0.1, 0.15) is 11.1 Å². The fourth-order valence-electron chi connectivity index (χ4n) is 2.26. The van der Waals surface area contributed by atoms with Gasteiger partial charge >= 0.3 is 0 Å². The molecule has 27 heavy (non-hydrogen) atoms. The second-order valence-electron chi connectivity index (χ2n) is 6.06. The van der Waals surface area contributed by atoms with Gasteiger partial charge in [-0.1, -0.05) is 48.5 Å². The first-order chi connectivity index (χ1) is 12.6. The van der Waals surface area contributed by atoms with Gasteiger partial charge in [-0.2, -0.15) is 0 Å². The largest absolute Gasteiger partial charge is 0.356 e. The van der Waals surface area contributed by atoms with Gasteiger partial charge < -0.3 is 15.5 Å². The van der Waals surface area contributed by atoms with Crippen molar-refractivity contribution >= 4 is 35.8 Å². The van der Waals surface area contributed by atoms with E-state index in [4.69, 9.17) is 0 Å². The molecule has 2 aromatic rings. The third kappa shape index (κ3) is 8.38. The van der Waals surface area contributed by atoms with E-state index in [-0.39, 0.29) is 42.2 Å². The summed E-state index contributed by atoms with van der Waals surface area (Å²) in [7, 11) is 3.41. The number of aliphatic imine (C=N–C) groups is 1. The Balaban J connectivity index is 0.00000364. The molecule has 0 atom stereocenters. The number of nitrogens with zero attached hydrogens (tertiary/aromatic N) is 2. The number of hydrogen-bond donors (Lipinski definition) is 2. The highest BCUT2D eigenvalue weighted by Gasteiger charge is 2.06. The van der Waals surface area contributed by atoms with Crippen LogP contribution in [0.15, 0.2) is 59.6 Å². The molecule has 0 fully saturated rings. The fourth-order valence-corrected chi connectivity index (χ4v) is 2.26. The van der Waals surface area contributed by atoms with Crippen LogP contribution < -0.4 is 10.6 Å². The Morgan fingerprint density at radius 1 is 1.04 bits per heavy atom. The predicted octanol–water partition coefficient (Wildman–Crippen LogP) is 2.81. The molecular weight excluding hydrogens is 458 g/mol. The lowest BCUT2D eigenvalue weighted by atomic mass is 10.1. The molecule has 146 valence electrons. The van der Waals surface area contributed by atoms with Crippen LogP contribution in [-0.2, 0) is 17.8 Å². The molecule has 0 spiro atoms. The van der Waals surface area contributed by atoms with Crippen LogP contribution in [0.25, 0.3) is 0 Å². The lowest BCUT2D eigenvalue weighted by Gasteiger charge is -2.15. The van der Waals surface area contributed by atoms with Crippen molar-refractivity contribution < 1.29 is 9.18 Å². The summed E-state index contributed by atoms with van der Waals surface area (Å²) in [6.07, 6.45) is 0.528. The van der Waals surface area contributed by atoms with Crippen molar-refractivity contribution in [2.75, 3.05) is 27.2 Å². The lowest BCUT2D eigenvalue weighted by Crippen LogP contribution is -2.43. The molecule has 0 aromatic heterocycles. The summed E-state index contributed by atoms with van der Waals surface area (Å²) in [5.74, 6) is 0.265. The number of rotatable bonds is 7. The van der Waals surface area contributed by atoms with E-state index >= 15 is 0 Å². The molecule has 1 amide bonds. The minimum absolute atomic E-state index is 0. The minimum atomic E-state index is -0.215. The molecule has 0 aliphatic carbocycles. The third-order valence-corrected chi connectivity index (χ3v) is 3.81. The van der Waals surface area contributed by atoms with Gasteiger partial charge in [-0.3, -0.25) is 4.79 Å². The van der Waals surface area contributed by atoms with Crippen molar-refractivity contribution in [3.05, 3.63) is 71.5 Å². The minimum Gasteiger partial charge on any atom is -0.356 e. The first-order valence-corrected chi connectivity index (χ1v) is 8.56. The first-order valence-electron chi connectivity index (χ1n) is 8.56. The van der Waals surface area contributed by atoms with E-state index in [0.717, 1.165) is 5.56 Å². The van der Waals surface area contributed by atoms with Gasteiger partial charge in [-0.05, 0) is 23.6 Å². The number of carbonyl (C=O) groups excluding carboxylic acids is 1. The predicted molar refractivity (Wildman–Crippen MR) is 118 cm³/mol. The summed E-state index contributed by atoms with van der Waals surface area (Å²) in [5, 5.41) is 6.19. The van der Waals surface area contributed by atoms with Gasteiger partial charge in [0.2, 0.25) is 5.91 Å². The Morgan fingerprint density at radius 3 is 2.37 bits per heavy atom. The molecule has 0 heterocycles. The topological polar surface area (TPSA) is 56.7 Å². The quantitative estimate of drug-likeness (QED) is 0.361. The summed E-state index contributed by atoms with van der Waals surface area (Å²) in [6.45, 7) is 1.15. The maximum absolute atomic E-state index is 13.7. The summed E-state index contributed by atoms with van der Waals surface area (Å²) in [5.41, 5.74) is 1.72. The van der Waals surface area contributed by atoms with E-state index in [9.17, 15) is 9.18 Å². The van der Waals surface area contributed by atoms with Crippen molar-refractivity contribution in [1.29, 1.82) is 0 Å². The highest BCUT2D eigenvalue weighted by atomic mass is 127. The number of halogens is 2. The van der Waals surface area contributed by atoms with Crippen LogP contribution in [0.3, 0.4) is 0 Å². The van der Waals surface area contributed by atoms with E-state index < -0.39 is 0 Å². The lowest BCUT2D eigenvalue weighted by molar-refractivity contribution is -0.127. The van der Waals surface area contributed by atoms with Crippen LogP contribution >= 0.6 is 24.0 Å². The van der Waals surface area contributed by atoms with Crippen molar-refractivity contribution in [2.24, 2.45) is 4.99 Å². The van der Waals surface area contributed by atoms with Crippen molar-refractivity contribution in [1.82, 2.24) is 15.5 Å². The first kappa shape index (κ1) is 22.9. The third-order valence-electron chi connectivity index (χ3n) is 3.81. The summed E-state index contributed by atoms with van der Waals surface area (Å²) >= 11 is 0. The van der Waals surface area contributed by atoms with Crippen LogP contribution in [-0.4, -0.2) is 44.0 Å². The Labute approximate surface area is 177 Å². The van der Waals surface area contributed by atoms with Gasteiger partial charge in [-0.25, -0.2) is 9.38 Å². The van der Waals surface area contributed by atoms with Gasteiger partial charge in [0.05, 0.1) is 13.1 Å². The van der Waals surface area contributed by atoms with Gasteiger partial charge in [0.1, 0.15) is 5.82 Å². The smallest absolute Gasteiger partial charge is 0.241 e. The van der Waals surface area contributed by atoms with Crippen molar-refractivity contribution in [2.45, 2.75) is 13.0 Å². The molecule has 0 saturated heterocycles. The summed E-state index contributed by atoms with van der Waals surface area (Å²) < 4.78 is 13.7. The SMILES string of the molecule is CN(C)C(=O)CNC(=NCc1ccccc1)NCCc1ccccc1F.I. The molecule has 5 nitrogen and oxygen atoms in total. The molecule has 0 unspecified atom stereocenters. The molecule has 7 heteroatoms. The second kappa shape index (κ2) is 12.3. The standard InChI is InChI=1S/C20H25FN4O.HI/c1-25(2)19(26)15-24-20(23-14-16-8-4-3-5-9-16)22-13-12-17-10-6-7-11-18(17)21;/h3-11H,12-15H2,1-2H3,(H2,22,23,24);1H. The number of hydrogen-bond acceptors (Lipinski definition) is 2. The number of nitrogens with one attached hydrogen (secondary N) is 2. The zero-order chi connectivity index (χ0) is 18.8. The molecule has 0 saturated carbocycles. The van der Waals surface area contributed by atoms with Gasteiger partial charge in [-0.15, -0.1) is 24.0 Å². The molecule has 2 rings (SSSR count). The average Bonchev–Trinajstić information content (AvgIpc) is 2.65. The highest BCUT2D eigenvalue weighted by Crippen LogP contribution is 2.06. The Kier molecular flexibility index (Phi) is 10.4. The van der Waals surface area contributed by atoms with Gasteiger partial charge in [0.15, 0.2) is 5.96 Å². The van der Waals surface area contributed by atoms with Crippen LogP contribution in [0.2, 0.25) is 0 Å². The van der Waals surface area contributed by atoms with E-state index in [0.29, 0.717) is 31.0 Å². The molecule has 0 bridgehead atoms. The number of benzene rings is 2. The van der Waals surface area contributed by atoms with Crippen LogP contribution in [0.5, 0.6) is 0 Å². The molecule has 0 aliphatic heterocycles. The molecule has 0 aliphatic rings. The number of guanidine groups is 1. The van der Waals surface area contributed by atoms with Gasteiger partial charge in [0.25, 0.3) is 0 Å². The van der Waals surface area contributed by atoms with Crippen molar-refractivity contribution in [3.63, 3.8) is 0 Å². The summed E-state index contributed by atoms with van der Waals surface area (Å²) in [4.78, 5) is 17.8. The van der Waals surface area contributed by atoms with Crippen molar-refractivity contribution in [3.8, 4) is 0 Å². The van der Waals surface area contributed by atoms with Crippen LogP contribution in [0, 0.1) is 5.82 Å². The fraction of sp³-hybridized carbons (Fsp3) is 0.300. The Hall–Kier alpha value is -2.16. The van der Waals surface area contributed by atoms with E-state index in [2.05, 4.69) is 15.6 Å². The number of carbonyl (C=O) groups is 1. The van der Waals surface area contributed by atoms with Crippen LogP contribution in [0.4, 0.5) is 4.39 Å². The molecule has 2 aromatic carbocycles. The summed E-state index contributed by atoms with van der Waals surface area (Å²) in [6, 6.07) is 16.6. The normalized spacial score (nSPS) is 10.7. The molecule has 0 radical (unpaired) electrons. The zero-order valence-corrected chi connectivity index (χ0v) is 17.9. The van der Waals surface area contributed by atoms with Gasteiger partial charge in [0, 0.05) is 20.6 Å². The molecule has 2 N–H and O–H groups in total. The Morgan fingerprint density at radius 2 is 1.70 bits per heavy atom. The van der Waals surface area contributed by atoms with E-state index in [1.165, 1.54) is 11.0 Å². The zero-order valence-electron chi connectivity index (χ0n) is 15.6. The molecular formula is C20H26FIN4O. The maximum atomic E-state index is 13.7.